The summed E-state index contributed by atoms with van der Waals surface area (Å²) < 4.78 is 17.4. The second kappa shape index (κ2) is 11.2. The summed E-state index contributed by atoms with van der Waals surface area (Å²) in [6.45, 7) is 6.96. The van der Waals surface area contributed by atoms with Crippen molar-refractivity contribution < 1.29 is 28.9 Å². The van der Waals surface area contributed by atoms with E-state index in [2.05, 4.69) is 0 Å². The highest BCUT2D eigenvalue weighted by Gasteiger charge is 2.46. The topological polar surface area (TPSA) is 85.3 Å². The summed E-state index contributed by atoms with van der Waals surface area (Å²) >= 11 is 0. The number of Topliss-reactive ketones (excluding diaryl/α,β-unsaturated/α-hetero) is 1. The van der Waals surface area contributed by atoms with Gasteiger partial charge < -0.3 is 24.2 Å². The predicted molar refractivity (Wildman–Crippen MR) is 148 cm³/mol. The Morgan fingerprint density at radius 1 is 0.974 bits per heavy atom. The lowest BCUT2D eigenvalue weighted by molar-refractivity contribution is -0.139. The van der Waals surface area contributed by atoms with Gasteiger partial charge in [-0.3, -0.25) is 9.59 Å². The molecule has 0 aromatic heterocycles. The van der Waals surface area contributed by atoms with Crippen molar-refractivity contribution in [1.82, 2.24) is 4.90 Å². The van der Waals surface area contributed by atoms with Crippen LogP contribution in [-0.4, -0.2) is 47.6 Å². The zero-order valence-corrected chi connectivity index (χ0v) is 22.5. The zero-order valence-electron chi connectivity index (χ0n) is 22.5. The lowest BCUT2D eigenvalue weighted by Crippen LogP contribution is -2.31. The molecule has 2 atom stereocenters. The third-order valence-electron chi connectivity index (χ3n) is 7.08. The van der Waals surface area contributed by atoms with Crippen molar-refractivity contribution in [3.63, 3.8) is 0 Å². The first-order chi connectivity index (χ1) is 18.9. The SMILES string of the molecule is CCOc1ccc([C@@H]2/C(=C(\O)c3ccc4c(c3)C[C@@H](C)O4)C(=O)C(=O)N2CCc2ccccc2)cc1OCC. The van der Waals surface area contributed by atoms with Crippen molar-refractivity contribution in [3.8, 4) is 17.2 Å². The minimum atomic E-state index is -0.785. The van der Waals surface area contributed by atoms with Gasteiger partial charge in [0.05, 0.1) is 24.8 Å². The Kier molecular flexibility index (Phi) is 7.59. The maximum atomic E-state index is 13.5. The molecule has 39 heavy (non-hydrogen) atoms. The smallest absolute Gasteiger partial charge is 0.295 e. The van der Waals surface area contributed by atoms with Gasteiger partial charge in [-0.15, -0.1) is 0 Å². The highest BCUT2D eigenvalue weighted by molar-refractivity contribution is 6.46. The van der Waals surface area contributed by atoms with Gasteiger partial charge in [-0.05, 0) is 74.2 Å². The monoisotopic (exact) mass is 527 g/mol. The number of hydrogen-bond acceptors (Lipinski definition) is 6. The van der Waals surface area contributed by atoms with E-state index in [0.29, 0.717) is 55.2 Å². The minimum absolute atomic E-state index is 0.0433. The van der Waals surface area contributed by atoms with Crippen LogP contribution in [0.5, 0.6) is 17.2 Å². The molecule has 1 saturated heterocycles. The van der Waals surface area contributed by atoms with Crippen LogP contribution in [0.25, 0.3) is 5.76 Å². The maximum Gasteiger partial charge on any atom is 0.295 e. The Morgan fingerprint density at radius 2 is 1.72 bits per heavy atom. The van der Waals surface area contributed by atoms with E-state index < -0.39 is 17.7 Å². The summed E-state index contributed by atoms with van der Waals surface area (Å²) in [4.78, 5) is 28.5. The molecule has 1 fully saturated rings. The Bertz CT molecular complexity index is 1410. The summed E-state index contributed by atoms with van der Waals surface area (Å²) in [5.41, 5.74) is 3.21. The van der Waals surface area contributed by atoms with E-state index >= 15 is 0 Å². The Balaban J connectivity index is 1.60. The first kappa shape index (κ1) is 26.4. The van der Waals surface area contributed by atoms with Gasteiger partial charge >= 0.3 is 0 Å². The fourth-order valence-corrected chi connectivity index (χ4v) is 5.31. The van der Waals surface area contributed by atoms with Crippen LogP contribution < -0.4 is 14.2 Å². The molecule has 0 bridgehead atoms. The second-order valence-corrected chi connectivity index (χ2v) is 9.76. The van der Waals surface area contributed by atoms with Crippen molar-refractivity contribution in [2.75, 3.05) is 19.8 Å². The largest absolute Gasteiger partial charge is 0.507 e. The van der Waals surface area contributed by atoms with Gasteiger partial charge in [-0.25, -0.2) is 0 Å². The van der Waals surface area contributed by atoms with Gasteiger partial charge in [0.2, 0.25) is 0 Å². The third-order valence-corrected chi connectivity index (χ3v) is 7.08. The number of rotatable bonds is 9. The predicted octanol–water partition coefficient (Wildman–Crippen LogP) is 5.47. The quantitative estimate of drug-likeness (QED) is 0.226. The van der Waals surface area contributed by atoms with Crippen molar-refractivity contribution in [2.45, 2.75) is 45.8 Å². The maximum absolute atomic E-state index is 13.5. The number of aliphatic hydroxyl groups excluding tert-OH is 1. The molecule has 2 heterocycles. The molecule has 3 aromatic rings. The van der Waals surface area contributed by atoms with Gasteiger partial charge in [0, 0.05) is 18.5 Å². The van der Waals surface area contributed by atoms with E-state index in [-0.39, 0.29) is 17.4 Å². The molecule has 0 unspecified atom stereocenters. The summed E-state index contributed by atoms with van der Waals surface area (Å²) in [6.07, 6.45) is 1.32. The van der Waals surface area contributed by atoms with Crippen LogP contribution in [0.2, 0.25) is 0 Å². The Labute approximate surface area is 228 Å². The average Bonchev–Trinajstić information content (AvgIpc) is 3.44. The van der Waals surface area contributed by atoms with Gasteiger partial charge in [-0.2, -0.15) is 0 Å². The molecule has 0 saturated carbocycles. The number of benzene rings is 3. The van der Waals surface area contributed by atoms with Gasteiger partial charge in [0.1, 0.15) is 17.6 Å². The lowest BCUT2D eigenvalue weighted by Gasteiger charge is -2.26. The van der Waals surface area contributed by atoms with Gasteiger partial charge in [0.15, 0.2) is 11.5 Å². The summed E-state index contributed by atoms with van der Waals surface area (Å²) in [5.74, 6) is 0.331. The van der Waals surface area contributed by atoms with E-state index in [1.807, 2.05) is 63.2 Å². The first-order valence-electron chi connectivity index (χ1n) is 13.4. The highest BCUT2D eigenvalue weighted by atomic mass is 16.5. The summed E-state index contributed by atoms with van der Waals surface area (Å²) in [5, 5.41) is 11.5. The molecule has 2 aliphatic rings. The average molecular weight is 528 g/mol. The fourth-order valence-electron chi connectivity index (χ4n) is 5.31. The van der Waals surface area contributed by atoms with E-state index in [1.54, 1.807) is 29.2 Å². The molecule has 1 N–H and O–H groups in total. The standard InChI is InChI=1S/C32H33NO6/c1-4-37-26-14-11-22(19-27(26)38-5-2)29-28(30(34)23-12-13-25-24(18-23)17-20(3)39-25)31(35)32(36)33(29)16-15-21-9-7-6-8-10-21/h6-14,18-20,29,34H,4-5,15-17H2,1-3H3/b30-28+/t20-,29-/m1/s1. The molecule has 1 amide bonds. The third kappa shape index (κ3) is 5.21. The van der Waals surface area contributed by atoms with Crippen LogP contribution in [0.15, 0.2) is 72.3 Å². The van der Waals surface area contributed by atoms with E-state index in [0.717, 1.165) is 16.9 Å². The Hall–Kier alpha value is -4.26. The van der Waals surface area contributed by atoms with Crippen LogP contribution in [0.4, 0.5) is 0 Å². The molecule has 0 radical (unpaired) electrons. The molecule has 0 aliphatic carbocycles. The van der Waals surface area contributed by atoms with Crippen molar-refractivity contribution in [2.24, 2.45) is 0 Å². The van der Waals surface area contributed by atoms with Crippen LogP contribution >= 0.6 is 0 Å². The molecule has 2 aliphatic heterocycles. The number of fused-ring (bicyclic) bond motifs is 1. The van der Waals surface area contributed by atoms with Crippen LogP contribution in [0.3, 0.4) is 0 Å². The second-order valence-electron chi connectivity index (χ2n) is 9.76. The molecule has 3 aromatic carbocycles. The van der Waals surface area contributed by atoms with E-state index in [4.69, 9.17) is 14.2 Å². The number of nitrogens with zero attached hydrogens (tertiary/aromatic N) is 1. The van der Waals surface area contributed by atoms with Gasteiger partial charge in [0.25, 0.3) is 11.7 Å². The first-order valence-corrected chi connectivity index (χ1v) is 13.4. The highest BCUT2D eigenvalue weighted by Crippen LogP contribution is 2.43. The molecule has 0 spiro atoms. The van der Waals surface area contributed by atoms with Gasteiger partial charge in [-0.1, -0.05) is 36.4 Å². The Morgan fingerprint density at radius 3 is 2.46 bits per heavy atom. The number of hydrogen-bond donors (Lipinski definition) is 1. The van der Waals surface area contributed by atoms with Crippen LogP contribution in [0.1, 0.15) is 49.1 Å². The minimum Gasteiger partial charge on any atom is -0.507 e. The molecule has 7 nitrogen and oxygen atoms in total. The zero-order chi connectivity index (χ0) is 27.5. The normalized spacial score (nSPS) is 19.6. The number of amides is 1. The molecule has 5 rings (SSSR count). The molecule has 7 heteroatoms. The number of likely N-dealkylation sites (tertiary alicyclic amines) is 1. The summed E-state index contributed by atoms with van der Waals surface area (Å²) in [6, 6.07) is 19.8. The summed E-state index contributed by atoms with van der Waals surface area (Å²) in [7, 11) is 0. The molecule has 202 valence electrons. The van der Waals surface area contributed by atoms with E-state index in [9.17, 15) is 14.7 Å². The fraction of sp³-hybridized carbons (Fsp3) is 0.312. The lowest BCUT2D eigenvalue weighted by atomic mass is 9.94. The van der Waals surface area contributed by atoms with E-state index in [1.165, 1.54) is 0 Å². The van der Waals surface area contributed by atoms with Crippen LogP contribution in [0, 0.1) is 0 Å². The number of aliphatic hydroxyl groups is 1. The van der Waals surface area contributed by atoms with Crippen LogP contribution in [-0.2, 0) is 22.4 Å². The van der Waals surface area contributed by atoms with Crippen molar-refractivity contribution in [1.29, 1.82) is 0 Å². The number of ketones is 1. The van der Waals surface area contributed by atoms with Crippen molar-refractivity contribution >= 4 is 17.4 Å². The molecular weight excluding hydrogens is 494 g/mol. The number of carbonyl (C=O) groups is 2. The molecular formula is C32H33NO6. The number of ether oxygens (including phenoxy) is 3. The van der Waals surface area contributed by atoms with Crippen molar-refractivity contribution in [3.05, 3.63) is 94.6 Å². The number of carbonyl (C=O) groups excluding carboxylic acids is 2.